The van der Waals surface area contributed by atoms with Crippen molar-refractivity contribution >= 4 is 89.2 Å². The van der Waals surface area contributed by atoms with Crippen LogP contribution in [-0.2, 0) is 26.6 Å². The molecule has 1 fully saturated rings. The van der Waals surface area contributed by atoms with Crippen LogP contribution in [0.3, 0.4) is 0 Å². The number of thiophene rings is 2. The Morgan fingerprint density at radius 1 is 0.895 bits per heavy atom. The van der Waals surface area contributed by atoms with E-state index in [1.165, 1.54) is 12.7 Å². The maximum Gasteiger partial charge on any atom is 0.275 e. The van der Waals surface area contributed by atoms with Crippen LogP contribution in [0, 0.1) is 0 Å². The second kappa shape index (κ2) is 11.1. The first-order valence-corrected chi connectivity index (χ1v) is 16.8. The maximum absolute atomic E-state index is 12.1. The van der Waals surface area contributed by atoms with Crippen LogP contribution in [0.4, 0.5) is 11.4 Å². The smallest absolute Gasteiger partial charge is 0.275 e. The van der Waals surface area contributed by atoms with Crippen LogP contribution in [0.1, 0.15) is 37.9 Å². The molecule has 38 heavy (non-hydrogen) atoms. The molecule has 6 rings (SSSR count). The molecule has 0 bridgehead atoms. The molecule has 3 aromatic heterocycles. The molecular formula is C21H22Cl2N6O5S4. The average molecular weight is 638 g/mol. The maximum atomic E-state index is 12.1. The van der Waals surface area contributed by atoms with Crippen LogP contribution in [0.25, 0.3) is 0 Å². The lowest BCUT2D eigenvalue weighted by Crippen LogP contribution is -2.40. The predicted molar refractivity (Wildman–Crippen MR) is 151 cm³/mol. The summed E-state index contributed by atoms with van der Waals surface area (Å²) in [4.78, 5) is 8.59. The Morgan fingerprint density at radius 3 is 2.05 bits per heavy atom. The van der Waals surface area contributed by atoms with Gasteiger partial charge in [0.15, 0.2) is 8.42 Å². The monoisotopic (exact) mass is 636 g/mol. The molecule has 0 atom stereocenters. The van der Waals surface area contributed by atoms with Crippen molar-refractivity contribution in [3.63, 3.8) is 0 Å². The zero-order valence-corrected chi connectivity index (χ0v) is 24.3. The summed E-state index contributed by atoms with van der Waals surface area (Å²) in [5.74, 6) is 1.11. The SMILES string of the molecule is O=S1(=O)NC(=NC2CCCCC2)Nc2cc(Cl)sc21.O=S1(=O)NC(=NCc2ccco2)Nc2cc(Cl)sc21. The molecule has 3 aromatic rings. The summed E-state index contributed by atoms with van der Waals surface area (Å²) >= 11 is 13.7. The van der Waals surface area contributed by atoms with Crippen molar-refractivity contribution in [3.05, 3.63) is 45.0 Å². The minimum atomic E-state index is -3.60. The predicted octanol–water partition coefficient (Wildman–Crippen LogP) is 5.05. The summed E-state index contributed by atoms with van der Waals surface area (Å²) in [6, 6.07) is 6.88. The lowest BCUT2D eigenvalue weighted by Gasteiger charge is -2.22. The molecule has 3 aliphatic rings. The van der Waals surface area contributed by atoms with E-state index in [1.54, 1.807) is 24.3 Å². The van der Waals surface area contributed by atoms with E-state index >= 15 is 0 Å². The number of furan rings is 1. The summed E-state index contributed by atoms with van der Waals surface area (Å²) in [7, 11) is -7.13. The third-order valence-corrected chi connectivity index (χ3v) is 11.9. The van der Waals surface area contributed by atoms with Crippen molar-refractivity contribution in [1.82, 2.24) is 9.44 Å². The highest BCUT2D eigenvalue weighted by atomic mass is 35.5. The summed E-state index contributed by atoms with van der Waals surface area (Å²) in [5, 5.41) is 5.89. The van der Waals surface area contributed by atoms with Gasteiger partial charge in [0.1, 0.15) is 12.3 Å². The number of aliphatic imine (C=N–C) groups is 2. The number of hydrogen-bond donors (Lipinski definition) is 4. The average Bonchev–Trinajstić information content (AvgIpc) is 3.58. The van der Waals surface area contributed by atoms with Gasteiger partial charge in [-0.1, -0.05) is 42.5 Å². The molecular weight excluding hydrogens is 615 g/mol. The molecule has 5 heterocycles. The van der Waals surface area contributed by atoms with Crippen molar-refractivity contribution < 1.29 is 21.3 Å². The van der Waals surface area contributed by atoms with E-state index < -0.39 is 20.0 Å². The summed E-state index contributed by atoms with van der Waals surface area (Å²) < 4.78 is 59.2. The Hall–Kier alpha value is -2.30. The van der Waals surface area contributed by atoms with E-state index in [0.29, 0.717) is 31.8 Å². The van der Waals surface area contributed by atoms with Crippen molar-refractivity contribution in [2.45, 2.75) is 53.1 Å². The lowest BCUT2D eigenvalue weighted by atomic mass is 9.96. The quantitative estimate of drug-likeness (QED) is 0.314. The highest BCUT2D eigenvalue weighted by molar-refractivity contribution is 7.93. The first-order chi connectivity index (χ1) is 18.1. The standard InChI is InChI=1S/C11H14ClN3O2S2.C10H8ClN3O3S2/c12-9-6-8-10(18-9)19(16,17)15-11(14-8)13-7-4-2-1-3-5-7;11-8-4-7-9(18-8)19(15,16)14-10(13-7)12-5-6-2-1-3-17-6/h6-7H,1-5H2,(H2,13,14,15);1-4H,5H2,(H2,12,13,14). The van der Waals surface area contributed by atoms with Crippen LogP contribution in [-0.4, -0.2) is 34.8 Å². The van der Waals surface area contributed by atoms with Gasteiger partial charge < -0.3 is 15.1 Å². The fourth-order valence-electron chi connectivity index (χ4n) is 4.00. The summed E-state index contributed by atoms with van der Waals surface area (Å²) in [6.45, 7) is 0.241. The van der Waals surface area contributed by atoms with E-state index in [9.17, 15) is 16.8 Å². The van der Waals surface area contributed by atoms with Gasteiger partial charge in [0.2, 0.25) is 11.9 Å². The van der Waals surface area contributed by atoms with Gasteiger partial charge >= 0.3 is 0 Å². The molecule has 1 saturated carbocycles. The number of anilines is 2. The molecule has 0 unspecified atom stereocenters. The van der Waals surface area contributed by atoms with Crippen LogP contribution in [0.5, 0.6) is 0 Å². The normalized spacial score (nSPS) is 21.6. The fourth-order valence-corrected chi connectivity index (χ4v) is 9.48. The Morgan fingerprint density at radius 2 is 1.47 bits per heavy atom. The Bertz CT molecular complexity index is 1590. The summed E-state index contributed by atoms with van der Waals surface area (Å²) in [5.41, 5.74) is 0.954. The molecule has 0 radical (unpaired) electrons. The molecule has 4 N–H and O–H groups in total. The number of rotatable bonds is 3. The zero-order chi connectivity index (χ0) is 26.9. The largest absolute Gasteiger partial charge is 0.467 e. The number of hydrogen-bond acceptors (Lipinski definition) is 9. The first kappa shape index (κ1) is 27.3. The molecule has 1 aliphatic carbocycles. The zero-order valence-electron chi connectivity index (χ0n) is 19.5. The second-order valence-electron chi connectivity index (χ2n) is 8.48. The topological polar surface area (TPSA) is 154 Å². The molecule has 17 heteroatoms. The number of sulfonamides is 2. The van der Waals surface area contributed by atoms with Gasteiger partial charge in [0, 0.05) is 0 Å². The molecule has 11 nitrogen and oxygen atoms in total. The molecule has 0 saturated heterocycles. The number of nitrogens with zero attached hydrogens (tertiary/aromatic N) is 2. The molecule has 0 spiro atoms. The van der Waals surface area contributed by atoms with Crippen molar-refractivity contribution in [2.75, 3.05) is 10.6 Å². The van der Waals surface area contributed by atoms with Gasteiger partial charge in [-0.2, -0.15) is 0 Å². The number of guanidine groups is 2. The van der Waals surface area contributed by atoms with Crippen molar-refractivity contribution in [3.8, 4) is 0 Å². The third-order valence-electron chi connectivity index (χ3n) is 5.65. The third kappa shape index (κ3) is 6.29. The van der Waals surface area contributed by atoms with E-state index in [0.717, 1.165) is 48.4 Å². The van der Waals surface area contributed by atoms with Gasteiger partial charge in [0.05, 0.1) is 32.4 Å². The van der Waals surface area contributed by atoms with E-state index in [1.807, 2.05) is 0 Å². The van der Waals surface area contributed by atoms with Gasteiger partial charge in [-0.05, 0) is 37.1 Å². The highest BCUT2D eigenvalue weighted by Gasteiger charge is 2.30. The minimum absolute atomic E-state index is 0.151. The van der Waals surface area contributed by atoms with Gasteiger partial charge in [0.25, 0.3) is 20.0 Å². The van der Waals surface area contributed by atoms with Crippen LogP contribution in [0.2, 0.25) is 8.67 Å². The number of halogens is 2. The Balaban J connectivity index is 0.000000155. The number of fused-ring (bicyclic) bond motifs is 2. The molecule has 0 aromatic carbocycles. The lowest BCUT2D eigenvalue weighted by molar-refractivity contribution is 0.443. The van der Waals surface area contributed by atoms with Crippen LogP contribution in [0.15, 0.2) is 53.3 Å². The molecule has 0 amide bonds. The van der Waals surface area contributed by atoms with Crippen LogP contribution >= 0.6 is 45.9 Å². The van der Waals surface area contributed by atoms with Crippen molar-refractivity contribution in [1.29, 1.82) is 0 Å². The Labute approximate surface area is 237 Å². The minimum Gasteiger partial charge on any atom is -0.467 e. The summed E-state index contributed by atoms with van der Waals surface area (Å²) in [6.07, 6.45) is 7.12. The molecule has 204 valence electrons. The first-order valence-electron chi connectivity index (χ1n) is 11.4. The van der Waals surface area contributed by atoms with Crippen LogP contribution < -0.4 is 20.1 Å². The Kier molecular flexibility index (Phi) is 7.94. The molecule has 2 aliphatic heterocycles. The fraction of sp³-hybridized carbons (Fsp3) is 0.333. The van der Waals surface area contributed by atoms with Gasteiger partial charge in [-0.25, -0.2) is 36.3 Å². The number of nitrogens with one attached hydrogen (secondary N) is 4. The van der Waals surface area contributed by atoms with E-state index in [4.69, 9.17) is 27.6 Å². The van der Waals surface area contributed by atoms with E-state index in [2.05, 4.69) is 30.1 Å². The van der Waals surface area contributed by atoms with E-state index in [-0.39, 0.29) is 27.0 Å². The van der Waals surface area contributed by atoms with Gasteiger partial charge in [-0.15, -0.1) is 22.7 Å². The highest BCUT2D eigenvalue weighted by Crippen LogP contribution is 2.37. The van der Waals surface area contributed by atoms with Gasteiger partial charge in [-0.3, -0.25) is 0 Å². The van der Waals surface area contributed by atoms with Crippen molar-refractivity contribution in [2.24, 2.45) is 9.98 Å². The second-order valence-corrected chi connectivity index (χ2v) is 15.6.